The van der Waals surface area contributed by atoms with Crippen LogP contribution < -0.4 is 0 Å². The molecular weight excluding hydrogens is 778 g/mol. The van der Waals surface area contributed by atoms with E-state index in [4.69, 9.17) is 0 Å². The van der Waals surface area contributed by atoms with E-state index in [9.17, 15) is 93.4 Å². The first kappa shape index (κ1) is 52.0. The Balaban J connectivity index is -0.000000620. The van der Waals surface area contributed by atoms with Crippen LogP contribution in [0.25, 0.3) is 0 Å². The van der Waals surface area contributed by atoms with Gasteiger partial charge >= 0.3 is 55.0 Å². The number of hydrogen-bond acceptors (Lipinski definition) is 7. The molecule has 0 amide bonds. The minimum absolute atomic E-state index is 0.0571. The lowest BCUT2D eigenvalue weighted by molar-refractivity contribution is -0.174. The van der Waals surface area contributed by atoms with Gasteiger partial charge in [0.1, 0.15) is 16.9 Å². The molecule has 0 aromatic heterocycles. The number of carbonyl (C=O) groups excluding carboxylic acids is 3. The van der Waals surface area contributed by atoms with Gasteiger partial charge in [0.2, 0.25) is 0 Å². The molecule has 1 heterocycles. The van der Waals surface area contributed by atoms with Crippen LogP contribution in [-0.2, 0) is 33.3 Å². The minimum atomic E-state index is -5.63. The topological polar surface area (TPSA) is 88.1 Å². The molecule has 1 aliphatic rings. The molecule has 0 saturated carbocycles. The van der Waals surface area contributed by atoms with Crippen LogP contribution in [0.5, 0.6) is 0 Å². The first-order valence-corrected chi connectivity index (χ1v) is 12.7. The normalized spacial score (nSPS) is 14.8. The van der Waals surface area contributed by atoms with Crippen LogP contribution in [-0.4, -0.2) is 82.9 Å². The van der Waals surface area contributed by atoms with Crippen LogP contribution in [0.15, 0.2) is 57.9 Å². The number of allylic oxidation sites excluding steroid dienone is 5. The Morgan fingerprint density at radius 1 is 0.615 bits per heavy atom. The molecule has 1 aliphatic heterocycles. The van der Waals surface area contributed by atoms with E-state index in [1.54, 1.807) is 0 Å². The van der Waals surface area contributed by atoms with Gasteiger partial charge in [-0.25, -0.2) is 14.4 Å². The van der Waals surface area contributed by atoms with E-state index in [0.29, 0.717) is 20.1 Å². The van der Waals surface area contributed by atoms with Gasteiger partial charge in [-0.05, 0) is 20.8 Å². The van der Waals surface area contributed by atoms with Crippen LogP contribution >= 0.6 is 0 Å². The first-order valence-electron chi connectivity index (χ1n) is 12.7. The summed E-state index contributed by atoms with van der Waals surface area (Å²) in [5.74, 6) is -4.22. The molecule has 7 nitrogen and oxygen atoms in total. The number of methoxy groups -OCH3 is 3. The molecule has 0 N–H and O–H groups in total. The molecule has 0 spiro atoms. The molecule has 0 radical (unpaired) electrons. The summed E-state index contributed by atoms with van der Waals surface area (Å²) < 4.78 is 230. The highest BCUT2D eigenvalue weighted by Gasteiger charge is 2.53. The van der Waals surface area contributed by atoms with Crippen molar-refractivity contribution >= 4 is 17.9 Å². The summed E-state index contributed by atoms with van der Waals surface area (Å²) in [5.41, 5.74) is -8.62. The molecule has 0 unspecified atom stereocenters. The quantitative estimate of drug-likeness (QED) is 0.0700. The second-order valence-corrected chi connectivity index (χ2v) is 9.04. The van der Waals surface area contributed by atoms with E-state index in [1.165, 1.54) is 0 Å². The van der Waals surface area contributed by atoms with Crippen molar-refractivity contribution in [1.82, 2.24) is 0 Å². The summed E-state index contributed by atoms with van der Waals surface area (Å²) in [6.07, 6.45) is -31.3. The molecule has 1 saturated heterocycles. The number of alkyl halides is 18. The van der Waals surface area contributed by atoms with Crippen LogP contribution in [0.2, 0.25) is 0 Å². The van der Waals surface area contributed by atoms with Gasteiger partial charge < -0.3 is 18.9 Å². The number of hydrogen-bond donors (Lipinski definition) is 0. The van der Waals surface area contributed by atoms with Crippen molar-refractivity contribution < 1.29 is 112 Å². The summed E-state index contributed by atoms with van der Waals surface area (Å²) in [6.45, 7) is 5.35. The highest BCUT2D eigenvalue weighted by Crippen LogP contribution is 2.42. The van der Waals surface area contributed by atoms with E-state index >= 15 is 0 Å². The fraction of sp³-hybridized carbons (Fsp3) is 0.519. The van der Waals surface area contributed by atoms with Crippen LogP contribution in [0.3, 0.4) is 0 Å². The average molecular weight is 804 g/mol. The summed E-state index contributed by atoms with van der Waals surface area (Å²) in [7, 11) is 2.63. The Kier molecular flexibility index (Phi) is 20.0. The number of esters is 3. The second kappa shape index (κ2) is 20.0. The lowest BCUT2D eigenvalue weighted by Crippen LogP contribution is -2.28. The lowest BCUT2D eigenvalue weighted by atomic mass is 10.1. The molecule has 302 valence electrons. The number of carbonyl (C=O) groups is 3. The predicted octanol–water partition coefficient (Wildman–Crippen LogP) is 9.28. The fourth-order valence-electron chi connectivity index (χ4n) is 2.64. The third-order valence-electron chi connectivity index (χ3n) is 5.37. The van der Waals surface area contributed by atoms with E-state index in [0.717, 1.165) is 28.1 Å². The minimum Gasteiger partial charge on any atom is -0.497 e. The Labute approximate surface area is 281 Å². The Morgan fingerprint density at radius 3 is 1.25 bits per heavy atom. The van der Waals surface area contributed by atoms with E-state index < -0.39 is 94.7 Å². The van der Waals surface area contributed by atoms with Gasteiger partial charge in [0.15, 0.2) is 0 Å². The maximum absolute atomic E-state index is 12.1. The number of halogens is 18. The molecule has 0 aliphatic carbocycles. The third kappa shape index (κ3) is 19.9. The van der Waals surface area contributed by atoms with Crippen LogP contribution in [0, 0.1) is 0 Å². The van der Waals surface area contributed by atoms with Gasteiger partial charge in [-0.3, -0.25) is 0 Å². The Morgan fingerprint density at radius 2 is 1.00 bits per heavy atom. The van der Waals surface area contributed by atoms with Gasteiger partial charge in [-0.1, -0.05) is 6.58 Å². The van der Waals surface area contributed by atoms with E-state index in [2.05, 4.69) is 25.5 Å². The number of cyclic esters (lactones) is 1. The predicted molar refractivity (Wildman–Crippen MR) is 139 cm³/mol. The van der Waals surface area contributed by atoms with Gasteiger partial charge in [0.25, 0.3) is 0 Å². The zero-order valence-electron chi connectivity index (χ0n) is 26.9. The molecule has 0 aromatic carbocycles. The number of ether oxygens (including phenoxy) is 4. The summed E-state index contributed by atoms with van der Waals surface area (Å²) >= 11 is 0. The van der Waals surface area contributed by atoms with E-state index in [-0.39, 0.29) is 18.6 Å². The first-order chi connectivity index (χ1) is 22.9. The van der Waals surface area contributed by atoms with Crippen molar-refractivity contribution in [2.24, 2.45) is 0 Å². The van der Waals surface area contributed by atoms with E-state index in [1.807, 2.05) is 0 Å². The maximum Gasteiger partial charge on any atom is 0.421 e. The monoisotopic (exact) mass is 804 g/mol. The highest BCUT2D eigenvalue weighted by molar-refractivity contribution is 5.91. The van der Waals surface area contributed by atoms with Crippen molar-refractivity contribution in [2.45, 2.75) is 64.2 Å². The largest absolute Gasteiger partial charge is 0.497 e. The fourth-order valence-corrected chi connectivity index (χ4v) is 2.64. The number of rotatable bonds is 4. The molecule has 25 heteroatoms. The van der Waals surface area contributed by atoms with Crippen molar-refractivity contribution in [3.05, 3.63) is 57.9 Å². The SMILES string of the molecule is C/C(=C1/CCOC1=O)C(F)(F)F.C=C(OC)C(C)=C(C(F)(F)F)C(F)(F)F.COC(=O)/C=C(\C)C(F)(F)F.COC(=O)C=C(C(F)(F)F)C(F)(F)F. The molecule has 0 bridgehead atoms. The average Bonchev–Trinajstić information content (AvgIpc) is 3.37. The van der Waals surface area contributed by atoms with Crippen molar-refractivity contribution in [2.75, 3.05) is 27.9 Å². The zero-order chi connectivity index (χ0) is 42.4. The highest BCUT2D eigenvalue weighted by atomic mass is 19.4. The standard InChI is InChI=1S/C8H8F6O.C7H7F3O2.C6H4F6O2.C6H7F3O2/c1-4(5(2)15-3)6(7(9,10)11)8(12,13)14;1-4(7(8,9)10)5-2-3-12-6(5)11;1-14-4(13)2-3(5(7,8)9)6(10,11)12;1-4(6(7,8)9)3-5(10)11-2/h2H2,1,3H3;2-3H2,1H3;2H,1H3;3H,1-2H3/b;5-4+;;4-3+. The second-order valence-electron chi connectivity index (χ2n) is 9.04. The molecule has 0 aromatic rings. The maximum atomic E-state index is 12.1. The van der Waals surface area contributed by atoms with Crippen molar-refractivity contribution in [3.63, 3.8) is 0 Å². The summed E-state index contributed by atoms with van der Waals surface area (Å²) in [4.78, 5) is 31.2. The molecule has 1 rings (SSSR count). The van der Waals surface area contributed by atoms with Crippen LogP contribution in [0.1, 0.15) is 27.2 Å². The van der Waals surface area contributed by atoms with Gasteiger partial charge in [0.05, 0.1) is 27.9 Å². The zero-order valence-corrected chi connectivity index (χ0v) is 26.9. The van der Waals surface area contributed by atoms with Crippen molar-refractivity contribution in [1.29, 1.82) is 0 Å². The van der Waals surface area contributed by atoms with Gasteiger partial charge in [-0.15, -0.1) is 0 Å². The smallest absolute Gasteiger partial charge is 0.421 e. The molecule has 0 atom stereocenters. The molecule has 1 fully saturated rings. The Bertz CT molecular complexity index is 1330. The summed E-state index contributed by atoms with van der Waals surface area (Å²) in [6, 6.07) is 0. The van der Waals surface area contributed by atoms with Crippen LogP contribution in [0.4, 0.5) is 79.0 Å². The molecular formula is C27H26F18O7. The molecule has 52 heavy (non-hydrogen) atoms. The summed E-state index contributed by atoms with van der Waals surface area (Å²) in [5, 5.41) is 0. The van der Waals surface area contributed by atoms with Gasteiger partial charge in [-0.2, -0.15) is 79.0 Å². The van der Waals surface area contributed by atoms with Gasteiger partial charge in [0, 0.05) is 40.9 Å². The third-order valence-corrected chi connectivity index (χ3v) is 5.37. The lowest BCUT2D eigenvalue weighted by Gasteiger charge is -2.18. The Hall–Kier alpha value is -4.35. The van der Waals surface area contributed by atoms with Crippen molar-refractivity contribution in [3.8, 4) is 0 Å².